The number of halogens is 2. The van der Waals surface area contributed by atoms with Crippen LogP contribution in [0.2, 0.25) is 5.02 Å². The van der Waals surface area contributed by atoms with Crippen LogP contribution in [0.5, 0.6) is 11.5 Å². The number of hydrogen-bond donors (Lipinski definition) is 0. The Hall–Kier alpha value is -2.32. The zero-order valence-corrected chi connectivity index (χ0v) is 21.6. The molecule has 0 N–H and O–H groups in total. The van der Waals surface area contributed by atoms with E-state index in [4.69, 9.17) is 33.3 Å². The van der Waals surface area contributed by atoms with Crippen LogP contribution >= 0.6 is 51.5 Å². The minimum absolute atomic E-state index is 0.153. The van der Waals surface area contributed by atoms with E-state index in [2.05, 4.69) is 15.9 Å². The molecule has 0 unspecified atom stereocenters. The van der Waals surface area contributed by atoms with E-state index in [0.717, 1.165) is 21.3 Å². The number of anilines is 1. The van der Waals surface area contributed by atoms with E-state index in [1.54, 1.807) is 4.90 Å². The van der Waals surface area contributed by atoms with Crippen molar-refractivity contribution < 1.29 is 14.3 Å². The highest BCUT2D eigenvalue weighted by Crippen LogP contribution is 2.38. The molecule has 4 nitrogen and oxygen atoms in total. The molecule has 0 aliphatic carbocycles. The summed E-state index contributed by atoms with van der Waals surface area (Å²) in [6, 6.07) is 20.6. The van der Waals surface area contributed by atoms with Gasteiger partial charge in [-0.2, -0.15) is 0 Å². The molecule has 1 aliphatic rings. The van der Waals surface area contributed by atoms with Crippen molar-refractivity contribution >= 4 is 73.5 Å². The average Bonchev–Trinajstić information content (AvgIpc) is 3.07. The van der Waals surface area contributed by atoms with Crippen LogP contribution in [0.4, 0.5) is 5.69 Å². The van der Waals surface area contributed by atoms with Gasteiger partial charge in [0.1, 0.15) is 6.61 Å². The predicted octanol–water partition coefficient (Wildman–Crippen LogP) is 7.49. The van der Waals surface area contributed by atoms with Crippen LogP contribution in [0.15, 0.2) is 76.1 Å². The lowest BCUT2D eigenvalue weighted by Crippen LogP contribution is -2.27. The van der Waals surface area contributed by atoms with Gasteiger partial charge in [-0.25, -0.2) is 0 Å². The Morgan fingerprint density at radius 3 is 2.64 bits per heavy atom. The molecule has 8 heteroatoms. The van der Waals surface area contributed by atoms with Crippen LogP contribution in [0.1, 0.15) is 18.1 Å². The Kier molecular flexibility index (Phi) is 7.75. The van der Waals surface area contributed by atoms with Crippen molar-refractivity contribution in [2.45, 2.75) is 13.5 Å². The van der Waals surface area contributed by atoms with Crippen molar-refractivity contribution in [1.82, 2.24) is 0 Å². The fourth-order valence-corrected chi connectivity index (χ4v) is 5.11. The third-order valence-corrected chi connectivity index (χ3v) is 6.93. The van der Waals surface area contributed by atoms with E-state index in [9.17, 15) is 4.79 Å². The number of amides is 1. The van der Waals surface area contributed by atoms with E-state index in [1.807, 2.05) is 79.7 Å². The second-order valence-corrected chi connectivity index (χ2v) is 10.0. The molecule has 1 amide bonds. The first kappa shape index (κ1) is 23.8. The number of rotatable bonds is 7. The highest BCUT2D eigenvalue weighted by Gasteiger charge is 2.33. The van der Waals surface area contributed by atoms with Crippen LogP contribution in [-0.4, -0.2) is 16.8 Å². The first-order chi connectivity index (χ1) is 16.0. The topological polar surface area (TPSA) is 38.8 Å². The Labute approximate surface area is 215 Å². The van der Waals surface area contributed by atoms with E-state index in [0.29, 0.717) is 39.0 Å². The molecule has 3 aromatic rings. The number of carbonyl (C=O) groups is 1. The molecule has 0 aromatic heterocycles. The number of ether oxygens (including phenoxy) is 2. The third kappa shape index (κ3) is 5.61. The Balaban J connectivity index is 1.56. The molecule has 1 aliphatic heterocycles. The molecule has 3 aromatic carbocycles. The van der Waals surface area contributed by atoms with Gasteiger partial charge in [0.25, 0.3) is 5.91 Å². The highest BCUT2D eigenvalue weighted by atomic mass is 79.9. The first-order valence-electron chi connectivity index (χ1n) is 10.1. The number of thioether (sulfide) groups is 1. The molecule has 1 heterocycles. The van der Waals surface area contributed by atoms with Crippen LogP contribution in [0.3, 0.4) is 0 Å². The average molecular weight is 561 g/mol. The van der Waals surface area contributed by atoms with Gasteiger partial charge in [0, 0.05) is 15.1 Å². The summed E-state index contributed by atoms with van der Waals surface area (Å²) in [7, 11) is 0. The van der Waals surface area contributed by atoms with Gasteiger partial charge >= 0.3 is 0 Å². The second kappa shape index (κ2) is 10.7. The second-order valence-electron chi connectivity index (χ2n) is 7.02. The minimum Gasteiger partial charge on any atom is -0.490 e. The van der Waals surface area contributed by atoms with Crippen LogP contribution in [0, 0.1) is 0 Å². The maximum Gasteiger partial charge on any atom is 0.270 e. The maximum atomic E-state index is 13.1. The fraction of sp³-hybridized carbons (Fsp3) is 0.120. The predicted molar refractivity (Wildman–Crippen MR) is 143 cm³/mol. The molecule has 4 rings (SSSR count). The zero-order chi connectivity index (χ0) is 23.4. The van der Waals surface area contributed by atoms with E-state index < -0.39 is 0 Å². The Bertz CT molecular complexity index is 1250. The number of nitrogens with zero attached hydrogens (tertiary/aromatic N) is 1. The molecular weight excluding hydrogens is 542 g/mol. The quantitative estimate of drug-likeness (QED) is 0.221. The largest absolute Gasteiger partial charge is 0.490 e. The molecule has 1 saturated heterocycles. The fourth-order valence-electron chi connectivity index (χ4n) is 3.23. The molecule has 0 saturated carbocycles. The van der Waals surface area contributed by atoms with Crippen LogP contribution < -0.4 is 14.4 Å². The monoisotopic (exact) mass is 559 g/mol. The van der Waals surface area contributed by atoms with Crippen molar-refractivity contribution in [3.63, 3.8) is 0 Å². The summed E-state index contributed by atoms with van der Waals surface area (Å²) in [6.07, 6.45) is 1.82. The molecule has 33 heavy (non-hydrogen) atoms. The van der Waals surface area contributed by atoms with Crippen molar-refractivity contribution in [2.75, 3.05) is 11.5 Å². The van der Waals surface area contributed by atoms with E-state index in [-0.39, 0.29) is 5.91 Å². The van der Waals surface area contributed by atoms with Gasteiger partial charge in [0.15, 0.2) is 15.8 Å². The third-order valence-electron chi connectivity index (χ3n) is 4.77. The summed E-state index contributed by atoms with van der Waals surface area (Å²) in [5.41, 5.74) is 2.44. The van der Waals surface area contributed by atoms with Gasteiger partial charge in [-0.1, -0.05) is 81.8 Å². The summed E-state index contributed by atoms with van der Waals surface area (Å²) >= 11 is 16.4. The number of hydrogen-bond acceptors (Lipinski definition) is 5. The van der Waals surface area contributed by atoms with Crippen molar-refractivity contribution in [2.24, 2.45) is 0 Å². The van der Waals surface area contributed by atoms with Crippen molar-refractivity contribution in [3.05, 3.63) is 92.3 Å². The minimum atomic E-state index is -0.153. The summed E-state index contributed by atoms with van der Waals surface area (Å²) in [4.78, 5) is 15.2. The number of carbonyl (C=O) groups excluding carboxylic acids is 1. The molecular formula is C25H19BrClNO3S2. The molecule has 168 valence electrons. The smallest absolute Gasteiger partial charge is 0.270 e. The standard InChI is InChI=1S/C25H19BrClNO3S2/c1-2-30-22-12-16(10-11-21(22)31-15-17-6-3-4-9-20(17)27)13-23-24(29)28(25(32)33-23)19-8-5-7-18(26)14-19/h3-14H,2,15H2,1H3. The molecule has 0 spiro atoms. The molecule has 1 fully saturated rings. The lowest BCUT2D eigenvalue weighted by molar-refractivity contribution is -0.113. The Morgan fingerprint density at radius 1 is 1.06 bits per heavy atom. The van der Waals surface area contributed by atoms with E-state index in [1.165, 1.54) is 11.8 Å². The van der Waals surface area contributed by atoms with Gasteiger partial charge in [-0.05, 0) is 55.0 Å². The number of thiocarbonyl (C=S) groups is 1. The van der Waals surface area contributed by atoms with Crippen molar-refractivity contribution in [3.8, 4) is 11.5 Å². The van der Waals surface area contributed by atoms with Gasteiger partial charge in [0.2, 0.25) is 0 Å². The molecule has 0 radical (unpaired) electrons. The zero-order valence-electron chi connectivity index (χ0n) is 17.6. The van der Waals surface area contributed by atoms with Crippen LogP contribution in [0.25, 0.3) is 6.08 Å². The lowest BCUT2D eigenvalue weighted by atomic mass is 10.1. The van der Waals surface area contributed by atoms with Gasteiger partial charge in [-0.3, -0.25) is 9.69 Å². The molecule has 0 atom stereocenters. The normalized spacial score (nSPS) is 14.8. The Morgan fingerprint density at radius 2 is 1.88 bits per heavy atom. The van der Waals surface area contributed by atoms with Gasteiger partial charge < -0.3 is 9.47 Å². The molecule has 0 bridgehead atoms. The SMILES string of the molecule is CCOc1cc(C=C2SC(=S)N(c3cccc(Br)c3)C2=O)ccc1OCc1ccccc1Cl. The summed E-state index contributed by atoms with van der Waals surface area (Å²) < 4.78 is 13.1. The van der Waals surface area contributed by atoms with Gasteiger partial charge in [-0.15, -0.1) is 0 Å². The maximum absolute atomic E-state index is 13.1. The van der Waals surface area contributed by atoms with Gasteiger partial charge in [0.05, 0.1) is 17.2 Å². The summed E-state index contributed by atoms with van der Waals surface area (Å²) in [5.74, 6) is 1.05. The summed E-state index contributed by atoms with van der Waals surface area (Å²) in [5, 5.41) is 0.652. The lowest BCUT2D eigenvalue weighted by Gasteiger charge is -2.14. The van der Waals surface area contributed by atoms with Crippen molar-refractivity contribution in [1.29, 1.82) is 0 Å². The number of benzene rings is 3. The van der Waals surface area contributed by atoms with Crippen LogP contribution in [-0.2, 0) is 11.4 Å². The highest BCUT2D eigenvalue weighted by molar-refractivity contribution is 9.10. The first-order valence-corrected chi connectivity index (χ1v) is 12.5. The van der Waals surface area contributed by atoms with E-state index >= 15 is 0 Å². The summed E-state index contributed by atoms with van der Waals surface area (Å²) in [6.45, 7) is 2.72.